The van der Waals surface area contributed by atoms with Gasteiger partial charge in [-0.25, -0.2) is 8.42 Å². The van der Waals surface area contributed by atoms with Gasteiger partial charge in [0, 0.05) is 5.69 Å². The molecule has 0 saturated heterocycles. The maximum Gasteiger partial charge on any atom is 0.242 e. The monoisotopic (exact) mass is 398 g/mol. The summed E-state index contributed by atoms with van der Waals surface area (Å²) in [5.41, 5.74) is 1.67. The van der Waals surface area contributed by atoms with E-state index in [9.17, 15) is 13.2 Å². The second-order valence-electron chi connectivity index (χ2n) is 6.41. The molecule has 0 N–H and O–H groups in total. The van der Waals surface area contributed by atoms with E-state index in [0.717, 1.165) is 16.1 Å². The van der Waals surface area contributed by atoms with Crippen LogP contribution in [0.25, 0.3) is 0 Å². The van der Waals surface area contributed by atoms with Gasteiger partial charge in [0.2, 0.25) is 15.9 Å². The van der Waals surface area contributed by atoms with E-state index < -0.39 is 10.0 Å². The Balaban J connectivity index is 1.85. The zero-order valence-electron chi connectivity index (χ0n) is 15.6. The van der Waals surface area contributed by atoms with Crippen molar-refractivity contribution in [2.45, 2.75) is 13.1 Å². The fourth-order valence-electron chi connectivity index (χ4n) is 2.80. The molecule has 3 rings (SSSR count). The van der Waals surface area contributed by atoms with Gasteiger partial charge in [-0.15, -0.1) is 0 Å². The Kier molecular flexibility index (Phi) is 6.28. The van der Waals surface area contributed by atoms with Crippen LogP contribution in [0.2, 0.25) is 0 Å². The van der Waals surface area contributed by atoms with E-state index in [0.29, 0.717) is 18.0 Å². The van der Waals surface area contributed by atoms with E-state index in [1.807, 2.05) is 60.7 Å². The third-order valence-electron chi connectivity index (χ3n) is 4.25. The molecule has 0 saturated carbocycles. The highest BCUT2D eigenvalue weighted by Gasteiger charge is 2.25. The molecule has 7 heteroatoms. The van der Waals surface area contributed by atoms with Crippen molar-refractivity contribution in [2.75, 3.05) is 17.7 Å². The number of rotatable bonds is 8. The van der Waals surface area contributed by atoms with Crippen LogP contribution in [0.1, 0.15) is 11.3 Å². The number of benzene rings is 2. The van der Waals surface area contributed by atoms with Gasteiger partial charge in [0.05, 0.1) is 32.2 Å². The normalized spacial score (nSPS) is 11.5. The smallest absolute Gasteiger partial charge is 0.242 e. The second-order valence-corrected chi connectivity index (χ2v) is 8.39. The molecule has 1 heterocycles. The first-order valence-electron chi connectivity index (χ1n) is 8.80. The molecular formula is C21H22N2O4S. The molecule has 3 aromatic rings. The Hall–Kier alpha value is -2.90. The zero-order chi connectivity index (χ0) is 20.0. The molecule has 1 aromatic heterocycles. The van der Waals surface area contributed by atoms with Crippen LogP contribution in [-0.2, 0) is 27.9 Å². The number of para-hydroxylation sites is 1. The number of nitrogens with zero attached hydrogens (tertiary/aromatic N) is 2. The Morgan fingerprint density at radius 2 is 1.54 bits per heavy atom. The highest BCUT2D eigenvalue weighted by Crippen LogP contribution is 2.19. The first kappa shape index (κ1) is 19.9. The van der Waals surface area contributed by atoms with Crippen LogP contribution in [0.3, 0.4) is 0 Å². The summed E-state index contributed by atoms with van der Waals surface area (Å²) >= 11 is 0. The summed E-state index contributed by atoms with van der Waals surface area (Å²) < 4.78 is 30.8. The van der Waals surface area contributed by atoms with Crippen LogP contribution >= 0.6 is 0 Å². The summed E-state index contributed by atoms with van der Waals surface area (Å²) in [5.74, 6) is 0.166. The standard InChI is InChI=1S/C21H22N2O4S/c1-28(25,26)22(16-20-13-8-14-27-20)17-21(24)23(19-11-6-3-7-12-19)15-18-9-4-2-5-10-18/h2-14H,15-17H2,1H3. The largest absolute Gasteiger partial charge is 0.468 e. The molecule has 28 heavy (non-hydrogen) atoms. The minimum absolute atomic E-state index is 0.00550. The highest BCUT2D eigenvalue weighted by molar-refractivity contribution is 7.88. The Morgan fingerprint density at radius 1 is 0.893 bits per heavy atom. The fourth-order valence-corrected chi connectivity index (χ4v) is 3.51. The lowest BCUT2D eigenvalue weighted by molar-refractivity contribution is -0.119. The number of carbonyl (C=O) groups is 1. The third-order valence-corrected chi connectivity index (χ3v) is 5.44. The number of anilines is 1. The van der Waals surface area contributed by atoms with Gasteiger partial charge in [-0.1, -0.05) is 48.5 Å². The third kappa shape index (κ3) is 5.31. The molecule has 146 valence electrons. The fraction of sp³-hybridized carbons (Fsp3) is 0.190. The van der Waals surface area contributed by atoms with Crippen molar-refractivity contribution in [1.82, 2.24) is 4.31 Å². The van der Waals surface area contributed by atoms with Gasteiger partial charge in [0.25, 0.3) is 0 Å². The number of sulfonamides is 1. The summed E-state index contributed by atoms with van der Waals surface area (Å²) in [4.78, 5) is 14.7. The Labute approximate surface area is 165 Å². The molecule has 0 radical (unpaired) electrons. The molecular weight excluding hydrogens is 376 g/mol. The van der Waals surface area contributed by atoms with Gasteiger partial charge in [-0.05, 0) is 29.8 Å². The van der Waals surface area contributed by atoms with Crippen molar-refractivity contribution in [1.29, 1.82) is 0 Å². The summed E-state index contributed by atoms with van der Waals surface area (Å²) in [6.07, 6.45) is 2.57. The zero-order valence-corrected chi connectivity index (χ0v) is 16.4. The van der Waals surface area contributed by atoms with Crippen molar-refractivity contribution in [3.8, 4) is 0 Å². The van der Waals surface area contributed by atoms with E-state index in [-0.39, 0.29) is 19.0 Å². The summed E-state index contributed by atoms with van der Waals surface area (Å²) in [6.45, 7) is 0.0782. The molecule has 2 aromatic carbocycles. The van der Waals surface area contributed by atoms with Crippen LogP contribution in [0.4, 0.5) is 5.69 Å². The van der Waals surface area contributed by atoms with E-state index >= 15 is 0 Å². The molecule has 0 aliphatic heterocycles. The average Bonchev–Trinajstić information content (AvgIpc) is 3.19. The molecule has 1 amide bonds. The topological polar surface area (TPSA) is 70.8 Å². The van der Waals surface area contributed by atoms with Crippen molar-refractivity contribution in [3.63, 3.8) is 0 Å². The van der Waals surface area contributed by atoms with Crippen LogP contribution < -0.4 is 4.90 Å². The summed E-state index contributed by atoms with van der Waals surface area (Å²) in [5, 5.41) is 0. The quantitative estimate of drug-likeness (QED) is 0.584. The van der Waals surface area contributed by atoms with Gasteiger partial charge >= 0.3 is 0 Å². The molecule has 0 bridgehead atoms. The van der Waals surface area contributed by atoms with Gasteiger partial charge in [-0.2, -0.15) is 4.31 Å². The number of carbonyl (C=O) groups excluding carboxylic acids is 1. The van der Waals surface area contributed by atoms with Crippen LogP contribution in [0.5, 0.6) is 0 Å². The number of hydrogen-bond acceptors (Lipinski definition) is 4. The molecule has 0 atom stereocenters. The lowest BCUT2D eigenvalue weighted by atomic mass is 10.2. The molecule has 0 unspecified atom stereocenters. The van der Waals surface area contributed by atoms with E-state index in [1.54, 1.807) is 17.0 Å². The van der Waals surface area contributed by atoms with Gasteiger partial charge < -0.3 is 9.32 Å². The van der Waals surface area contributed by atoms with E-state index in [2.05, 4.69) is 0 Å². The van der Waals surface area contributed by atoms with Gasteiger partial charge in [-0.3, -0.25) is 4.79 Å². The van der Waals surface area contributed by atoms with Crippen LogP contribution in [0, 0.1) is 0 Å². The molecule has 6 nitrogen and oxygen atoms in total. The molecule has 0 spiro atoms. The maximum atomic E-state index is 13.1. The molecule has 0 aliphatic rings. The van der Waals surface area contributed by atoms with Crippen LogP contribution in [-0.4, -0.2) is 31.4 Å². The SMILES string of the molecule is CS(=O)(=O)N(CC(=O)N(Cc1ccccc1)c1ccccc1)Cc1ccco1. The minimum atomic E-state index is -3.60. The Morgan fingerprint density at radius 3 is 2.11 bits per heavy atom. The van der Waals surface area contributed by atoms with Crippen molar-refractivity contribution in [3.05, 3.63) is 90.4 Å². The predicted octanol–water partition coefficient (Wildman–Crippen LogP) is 3.27. The lowest BCUT2D eigenvalue weighted by Crippen LogP contribution is -2.42. The van der Waals surface area contributed by atoms with Crippen molar-refractivity contribution >= 4 is 21.6 Å². The van der Waals surface area contributed by atoms with Gasteiger partial charge in [0.1, 0.15) is 5.76 Å². The highest BCUT2D eigenvalue weighted by atomic mass is 32.2. The van der Waals surface area contributed by atoms with E-state index in [4.69, 9.17) is 4.42 Å². The summed E-state index contributed by atoms with van der Waals surface area (Å²) in [7, 11) is -3.60. The van der Waals surface area contributed by atoms with Crippen LogP contribution in [0.15, 0.2) is 83.5 Å². The molecule has 0 fully saturated rings. The van der Waals surface area contributed by atoms with Crippen molar-refractivity contribution in [2.24, 2.45) is 0 Å². The van der Waals surface area contributed by atoms with Crippen molar-refractivity contribution < 1.29 is 17.6 Å². The number of furan rings is 1. The number of hydrogen-bond donors (Lipinski definition) is 0. The minimum Gasteiger partial charge on any atom is -0.468 e. The Bertz CT molecular complexity index is 987. The first-order valence-corrected chi connectivity index (χ1v) is 10.6. The average molecular weight is 398 g/mol. The predicted molar refractivity (Wildman–Crippen MR) is 108 cm³/mol. The van der Waals surface area contributed by atoms with Gasteiger partial charge in [0.15, 0.2) is 0 Å². The first-order chi connectivity index (χ1) is 13.4. The van der Waals surface area contributed by atoms with E-state index in [1.165, 1.54) is 6.26 Å². The lowest BCUT2D eigenvalue weighted by Gasteiger charge is -2.26. The number of amides is 1. The molecule has 0 aliphatic carbocycles. The maximum absolute atomic E-state index is 13.1. The summed E-state index contributed by atoms with van der Waals surface area (Å²) in [6, 6.07) is 22.2. The second kappa shape index (κ2) is 8.86.